The van der Waals surface area contributed by atoms with Gasteiger partial charge in [0.05, 0.1) is 13.2 Å². The molecule has 1 rings (SSSR count). The number of alkyl halides is 3. The van der Waals surface area contributed by atoms with Crippen LogP contribution in [0.15, 0.2) is 12.3 Å². The molecule has 0 fully saturated rings. The van der Waals surface area contributed by atoms with Crippen LogP contribution in [0.1, 0.15) is 12.5 Å². The van der Waals surface area contributed by atoms with Crippen LogP contribution < -0.4 is 9.47 Å². The summed E-state index contributed by atoms with van der Waals surface area (Å²) in [6, 6.07) is 1.39. The van der Waals surface area contributed by atoms with Crippen LogP contribution in [-0.4, -0.2) is 29.5 Å². The maximum Gasteiger partial charge on any atom is 0.422 e. The van der Waals surface area contributed by atoms with Crippen LogP contribution in [0.25, 0.3) is 0 Å². The highest BCUT2D eigenvalue weighted by Crippen LogP contribution is 2.27. The van der Waals surface area contributed by atoms with Crippen molar-refractivity contribution in [2.75, 3.05) is 13.2 Å². The summed E-state index contributed by atoms with van der Waals surface area (Å²) < 4.78 is 45.5. The third-order valence-electron chi connectivity index (χ3n) is 1.73. The highest BCUT2D eigenvalue weighted by Gasteiger charge is 2.29. The molecule has 1 heterocycles. The first-order valence-electron chi connectivity index (χ1n) is 4.88. The molecule has 0 radical (unpaired) electrons. The molecule has 0 saturated heterocycles. The van der Waals surface area contributed by atoms with Crippen molar-refractivity contribution in [3.05, 3.63) is 17.8 Å². The smallest absolute Gasteiger partial charge is 0.422 e. The second kappa shape index (κ2) is 5.72. The number of aliphatic hydroxyl groups is 1. The lowest BCUT2D eigenvalue weighted by Gasteiger charge is -2.12. The summed E-state index contributed by atoms with van der Waals surface area (Å²) in [4.78, 5) is 3.66. The van der Waals surface area contributed by atoms with E-state index >= 15 is 0 Å². The van der Waals surface area contributed by atoms with Gasteiger partial charge in [-0.05, 0) is 18.6 Å². The van der Waals surface area contributed by atoms with E-state index in [0.29, 0.717) is 5.56 Å². The molecule has 1 aromatic heterocycles. The van der Waals surface area contributed by atoms with E-state index in [1.807, 2.05) is 0 Å². The average molecular weight is 251 g/mol. The summed E-state index contributed by atoms with van der Waals surface area (Å²) in [5.74, 6) is -0.148. The Morgan fingerprint density at radius 1 is 1.35 bits per heavy atom. The van der Waals surface area contributed by atoms with Crippen LogP contribution in [0, 0.1) is 0 Å². The maximum absolute atomic E-state index is 12.0. The van der Waals surface area contributed by atoms with Crippen LogP contribution >= 0.6 is 0 Å². The first-order valence-corrected chi connectivity index (χ1v) is 4.88. The zero-order valence-electron chi connectivity index (χ0n) is 9.12. The fourth-order valence-electron chi connectivity index (χ4n) is 1.08. The molecule has 0 saturated carbocycles. The molecule has 4 nitrogen and oxygen atoms in total. The second-order valence-corrected chi connectivity index (χ2v) is 3.14. The van der Waals surface area contributed by atoms with Crippen LogP contribution in [-0.2, 0) is 6.61 Å². The lowest BCUT2D eigenvalue weighted by molar-refractivity contribution is -0.154. The molecule has 0 atom stereocenters. The normalized spacial score (nSPS) is 11.4. The Morgan fingerprint density at radius 2 is 2.06 bits per heavy atom. The van der Waals surface area contributed by atoms with Crippen molar-refractivity contribution in [3.8, 4) is 11.6 Å². The van der Waals surface area contributed by atoms with Crippen molar-refractivity contribution in [3.63, 3.8) is 0 Å². The number of aromatic nitrogens is 1. The Balaban J connectivity index is 2.82. The molecule has 0 bridgehead atoms. The van der Waals surface area contributed by atoms with E-state index in [0.717, 1.165) is 0 Å². The molecule has 1 aromatic rings. The van der Waals surface area contributed by atoms with Gasteiger partial charge < -0.3 is 14.6 Å². The zero-order chi connectivity index (χ0) is 12.9. The largest absolute Gasteiger partial charge is 0.488 e. The zero-order valence-corrected chi connectivity index (χ0v) is 9.12. The Bertz CT molecular complexity index is 368. The molecule has 0 aliphatic heterocycles. The third kappa shape index (κ3) is 4.48. The fourth-order valence-corrected chi connectivity index (χ4v) is 1.08. The number of pyridine rings is 1. The number of rotatable bonds is 5. The summed E-state index contributed by atoms with van der Waals surface area (Å²) in [5, 5.41) is 8.86. The highest BCUT2D eigenvalue weighted by atomic mass is 19.4. The summed E-state index contributed by atoms with van der Waals surface area (Å²) in [6.07, 6.45) is -3.20. The molecule has 17 heavy (non-hydrogen) atoms. The number of hydrogen-bond donors (Lipinski definition) is 1. The number of aliphatic hydroxyl groups excluding tert-OH is 1. The van der Waals surface area contributed by atoms with Gasteiger partial charge in [-0.15, -0.1) is 0 Å². The molecule has 0 spiro atoms. The van der Waals surface area contributed by atoms with Gasteiger partial charge >= 0.3 is 6.18 Å². The van der Waals surface area contributed by atoms with Crippen molar-refractivity contribution in [2.24, 2.45) is 0 Å². The minimum Gasteiger partial charge on any atom is -0.488 e. The van der Waals surface area contributed by atoms with Gasteiger partial charge in [0.1, 0.15) is 0 Å². The first kappa shape index (κ1) is 13.6. The van der Waals surface area contributed by atoms with E-state index in [4.69, 9.17) is 9.84 Å². The van der Waals surface area contributed by atoms with Gasteiger partial charge in [-0.25, -0.2) is 4.98 Å². The summed E-state index contributed by atoms with van der Waals surface area (Å²) in [6.45, 7) is 0.239. The molecular formula is C10H12F3NO3. The van der Waals surface area contributed by atoms with E-state index in [9.17, 15) is 13.2 Å². The average Bonchev–Trinajstić information content (AvgIpc) is 2.26. The van der Waals surface area contributed by atoms with E-state index < -0.39 is 12.8 Å². The van der Waals surface area contributed by atoms with Crippen molar-refractivity contribution in [1.29, 1.82) is 0 Å². The minimum absolute atomic E-state index is 0.0864. The molecule has 0 aliphatic rings. The van der Waals surface area contributed by atoms with Crippen molar-refractivity contribution in [2.45, 2.75) is 19.7 Å². The van der Waals surface area contributed by atoms with Gasteiger partial charge in [-0.1, -0.05) is 0 Å². The number of ether oxygens (including phenoxy) is 2. The summed E-state index contributed by atoms with van der Waals surface area (Å²) >= 11 is 0. The number of nitrogens with zero attached hydrogens (tertiary/aromatic N) is 1. The van der Waals surface area contributed by atoms with Gasteiger partial charge in [0, 0.05) is 6.20 Å². The Morgan fingerprint density at radius 3 is 2.59 bits per heavy atom. The standard InChI is InChI=1S/C10H12F3NO3/c1-2-16-8-3-7(5-15)4-14-9(8)17-6-10(11,12)13/h3-4,15H,2,5-6H2,1H3. The molecule has 0 unspecified atom stereocenters. The highest BCUT2D eigenvalue weighted by molar-refractivity contribution is 5.36. The SMILES string of the molecule is CCOc1cc(CO)cnc1OCC(F)(F)F. The Labute approximate surface area is 96.0 Å². The molecule has 0 aliphatic carbocycles. The van der Waals surface area contributed by atoms with Gasteiger partial charge in [0.15, 0.2) is 12.4 Å². The van der Waals surface area contributed by atoms with Crippen molar-refractivity contribution < 1.29 is 27.8 Å². The summed E-state index contributed by atoms with van der Waals surface area (Å²) in [5.41, 5.74) is 0.438. The monoisotopic (exact) mass is 251 g/mol. The van der Waals surface area contributed by atoms with E-state index in [2.05, 4.69) is 9.72 Å². The topological polar surface area (TPSA) is 51.6 Å². The maximum atomic E-state index is 12.0. The van der Waals surface area contributed by atoms with Gasteiger partial charge in [0.2, 0.25) is 0 Å². The van der Waals surface area contributed by atoms with Crippen molar-refractivity contribution in [1.82, 2.24) is 4.98 Å². The van der Waals surface area contributed by atoms with Crippen LogP contribution in [0.5, 0.6) is 11.6 Å². The molecule has 0 amide bonds. The quantitative estimate of drug-likeness (QED) is 0.868. The molecule has 7 heteroatoms. The molecular weight excluding hydrogens is 239 g/mol. The second-order valence-electron chi connectivity index (χ2n) is 3.14. The lowest BCUT2D eigenvalue weighted by atomic mass is 10.3. The van der Waals surface area contributed by atoms with Crippen molar-refractivity contribution >= 4 is 0 Å². The molecule has 96 valence electrons. The van der Waals surface area contributed by atoms with E-state index in [1.165, 1.54) is 12.3 Å². The lowest BCUT2D eigenvalue weighted by Crippen LogP contribution is -2.20. The third-order valence-corrected chi connectivity index (χ3v) is 1.73. The Kier molecular flexibility index (Phi) is 4.56. The minimum atomic E-state index is -4.43. The number of halogens is 3. The summed E-state index contributed by atoms with van der Waals surface area (Å²) in [7, 11) is 0. The first-order chi connectivity index (χ1) is 7.96. The van der Waals surface area contributed by atoms with Gasteiger partial charge in [0.25, 0.3) is 5.88 Å². The fraction of sp³-hybridized carbons (Fsp3) is 0.500. The van der Waals surface area contributed by atoms with Gasteiger partial charge in [-0.2, -0.15) is 13.2 Å². The predicted molar refractivity (Wildman–Crippen MR) is 52.9 cm³/mol. The van der Waals surface area contributed by atoms with Crippen LogP contribution in [0.3, 0.4) is 0 Å². The van der Waals surface area contributed by atoms with Gasteiger partial charge in [-0.3, -0.25) is 0 Å². The van der Waals surface area contributed by atoms with E-state index in [-0.39, 0.29) is 24.8 Å². The van der Waals surface area contributed by atoms with Crippen LogP contribution in [0.2, 0.25) is 0 Å². The molecule has 1 N–H and O–H groups in total. The predicted octanol–water partition coefficient (Wildman–Crippen LogP) is 1.91. The Hall–Kier alpha value is -1.50. The molecule has 0 aromatic carbocycles. The number of hydrogen-bond acceptors (Lipinski definition) is 4. The van der Waals surface area contributed by atoms with E-state index in [1.54, 1.807) is 6.92 Å². The van der Waals surface area contributed by atoms with Crippen LogP contribution in [0.4, 0.5) is 13.2 Å².